The van der Waals surface area contributed by atoms with Crippen molar-refractivity contribution in [3.05, 3.63) is 51.7 Å². The molecule has 0 unspecified atom stereocenters. The first-order valence-electron chi connectivity index (χ1n) is 9.22. The molecular formula is C20H28N4S2. The molecule has 1 saturated heterocycles. The molecule has 0 spiro atoms. The number of nitrogens with zero attached hydrogens (tertiary/aromatic N) is 2. The molecule has 140 valence electrons. The Bertz CT molecular complexity index is 703. The van der Waals surface area contributed by atoms with Gasteiger partial charge in [0.1, 0.15) is 0 Å². The molecule has 3 rings (SSSR count). The van der Waals surface area contributed by atoms with Gasteiger partial charge in [-0.1, -0.05) is 19.1 Å². The number of hydrogen-bond donors (Lipinski definition) is 2. The summed E-state index contributed by atoms with van der Waals surface area (Å²) in [5.41, 5.74) is 2.61. The largest absolute Gasteiger partial charge is 0.370 e. The lowest BCUT2D eigenvalue weighted by atomic mass is 10.2. The highest BCUT2D eigenvalue weighted by Crippen LogP contribution is 2.20. The summed E-state index contributed by atoms with van der Waals surface area (Å²) in [6.07, 6.45) is 1.10. The van der Waals surface area contributed by atoms with Crippen molar-refractivity contribution in [3.63, 3.8) is 0 Å². The zero-order valence-corrected chi connectivity index (χ0v) is 17.3. The number of aryl methyl sites for hydroxylation is 1. The lowest BCUT2D eigenvalue weighted by Gasteiger charge is -2.28. The summed E-state index contributed by atoms with van der Waals surface area (Å²) in [7, 11) is 1.82. The molecule has 1 aliphatic heterocycles. The van der Waals surface area contributed by atoms with E-state index in [0.29, 0.717) is 0 Å². The third-order valence-electron chi connectivity index (χ3n) is 4.49. The van der Waals surface area contributed by atoms with Crippen molar-refractivity contribution in [2.45, 2.75) is 26.4 Å². The predicted molar refractivity (Wildman–Crippen MR) is 117 cm³/mol. The van der Waals surface area contributed by atoms with Crippen molar-refractivity contribution >= 4 is 34.7 Å². The fourth-order valence-corrected chi connectivity index (χ4v) is 4.73. The van der Waals surface area contributed by atoms with Crippen molar-refractivity contribution < 1.29 is 0 Å². The molecular weight excluding hydrogens is 360 g/mol. The normalized spacial score (nSPS) is 15.2. The number of thiophene rings is 1. The van der Waals surface area contributed by atoms with Crippen LogP contribution in [0.25, 0.3) is 0 Å². The van der Waals surface area contributed by atoms with Crippen LogP contribution in [0, 0.1) is 0 Å². The second-order valence-electron chi connectivity index (χ2n) is 6.27. The molecule has 0 aliphatic carbocycles. The van der Waals surface area contributed by atoms with E-state index in [1.54, 1.807) is 0 Å². The molecule has 1 aliphatic rings. The third-order valence-corrected chi connectivity index (χ3v) is 6.66. The zero-order chi connectivity index (χ0) is 18.2. The van der Waals surface area contributed by atoms with Crippen LogP contribution < -0.4 is 15.5 Å². The second-order valence-corrected chi connectivity index (χ2v) is 8.74. The Morgan fingerprint density at radius 2 is 1.69 bits per heavy atom. The van der Waals surface area contributed by atoms with Gasteiger partial charge < -0.3 is 15.5 Å². The van der Waals surface area contributed by atoms with E-state index in [-0.39, 0.29) is 0 Å². The molecule has 4 nitrogen and oxygen atoms in total. The number of thioether (sulfide) groups is 1. The Labute approximate surface area is 165 Å². The maximum Gasteiger partial charge on any atom is 0.191 e. The van der Waals surface area contributed by atoms with Crippen molar-refractivity contribution in [2.24, 2.45) is 4.99 Å². The van der Waals surface area contributed by atoms with Crippen molar-refractivity contribution in [3.8, 4) is 0 Å². The lowest BCUT2D eigenvalue weighted by molar-refractivity contribution is 0.814. The summed E-state index contributed by atoms with van der Waals surface area (Å²) in [5.74, 6) is 3.30. The molecule has 0 amide bonds. The van der Waals surface area contributed by atoms with Crippen molar-refractivity contribution in [2.75, 3.05) is 36.5 Å². The first-order chi connectivity index (χ1) is 12.8. The highest BCUT2D eigenvalue weighted by Gasteiger charge is 2.10. The van der Waals surface area contributed by atoms with Crippen molar-refractivity contribution in [1.29, 1.82) is 0 Å². The highest BCUT2D eigenvalue weighted by molar-refractivity contribution is 7.99. The first kappa shape index (κ1) is 19.1. The average Bonchev–Trinajstić information content (AvgIpc) is 3.17. The molecule has 0 bridgehead atoms. The second kappa shape index (κ2) is 9.88. The van der Waals surface area contributed by atoms with E-state index in [2.05, 4.69) is 63.8 Å². The highest BCUT2D eigenvalue weighted by atomic mass is 32.2. The fourth-order valence-electron chi connectivity index (χ4n) is 2.93. The monoisotopic (exact) mass is 388 g/mol. The number of rotatable bonds is 6. The van der Waals surface area contributed by atoms with E-state index in [4.69, 9.17) is 0 Å². The van der Waals surface area contributed by atoms with E-state index in [1.165, 1.54) is 32.5 Å². The minimum absolute atomic E-state index is 0.778. The summed E-state index contributed by atoms with van der Waals surface area (Å²) < 4.78 is 0. The molecule has 2 heterocycles. The Kier molecular flexibility index (Phi) is 7.26. The van der Waals surface area contributed by atoms with Crippen LogP contribution in [-0.2, 0) is 19.5 Å². The van der Waals surface area contributed by atoms with Crippen LogP contribution in [0.1, 0.15) is 22.2 Å². The molecule has 2 N–H and O–H groups in total. The number of aliphatic imine (C=N–C) groups is 1. The molecule has 2 aromatic rings. The minimum Gasteiger partial charge on any atom is -0.370 e. The average molecular weight is 389 g/mol. The third kappa shape index (κ3) is 5.42. The number of benzene rings is 1. The molecule has 0 saturated carbocycles. The molecule has 6 heteroatoms. The number of nitrogens with one attached hydrogen (secondary N) is 2. The summed E-state index contributed by atoms with van der Waals surface area (Å²) >= 11 is 3.91. The van der Waals surface area contributed by atoms with E-state index in [0.717, 1.165) is 38.6 Å². The van der Waals surface area contributed by atoms with Gasteiger partial charge in [0.15, 0.2) is 5.96 Å². The quantitative estimate of drug-likeness (QED) is 0.584. The van der Waals surface area contributed by atoms with E-state index in [1.807, 2.05) is 30.1 Å². The van der Waals surface area contributed by atoms with Crippen LogP contribution in [-0.4, -0.2) is 37.6 Å². The smallest absolute Gasteiger partial charge is 0.191 e. The minimum atomic E-state index is 0.778. The summed E-state index contributed by atoms with van der Waals surface area (Å²) in [6.45, 7) is 6.10. The fraction of sp³-hybridized carbons (Fsp3) is 0.450. The molecule has 1 aromatic heterocycles. The topological polar surface area (TPSA) is 39.7 Å². The lowest BCUT2D eigenvalue weighted by Crippen LogP contribution is -2.36. The zero-order valence-electron chi connectivity index (χ0n) is 15.6. The standard InChI is InChI=1S/C20H28N4S2/c1-3-18-8-9-19(26-18)15-23-20(21-2)22-14-16-4-6-17(7-5-16)24-10-12-25-13-11-24/h4-9H,3,10-15H2,1-2H3,(H2,21,22,23). The van der Waals surface area contributed by atoms with Gasteiger partial charge in [0.05, 0.1) is 6.54 Å². The molecule has 26 heavy (non-hydrogen) atoms. The molecule has 0 atom stereocenters. The summed E-state index contributed by atoms with van der Waals surface area (Å²) in [5, 5.41) is 6.80. The van der Waals surface area contributed by atoms with E-state index < -0.39 is 0 Å². The van der Waals surface area contributed by atoms with Crippen LogP contribution in [0.2, 0.25) is 0 Å². The van der Waals surface area contributed by atoms with Gasteiger partial charge in [-0.2, -0.15) is 11.8 Å². The predicted octanol–water partition coefficient (Wildman–Crippen LogP) is 3.73. The van der Waals surface area contributed by atoms with Crippen LogP contribution in [0.15, 0.2) is 41.4 Å². The Balaban J connectivity index is 1.47. The van der Waals surface area contributed by atoms with Crippen LogP contribution >= 0.6 is 23.1 Å². The Morgan fingerprint density at radius 1 is 1.00 bits per heavy atom. The Morgan fingerprint density at radius 3 is 2.35 bits per heavy atom. The molecule has 1 fully saturated rings. The molecule has 0 radical (unpaired) electrons. The van der Waals surface area contributed by atoms with Gasteiger partial charge in [0.2, 0.25) is 0 Å². The number of hydrogen-bond acceptors (Lipinski definition) is 4. The van der Waals surface area contributed by atoms with Crippen LogP contribution in [0.5, 0.6) is 0 Å². The maximum atomic E-state index is 4.32. The Hall–Kier alpha value is -1.66. The molecule has 1 aromatic carbocycles. The number of anilines is 1. The van der Waals surface area contributed by atoms with E-state index in [9.17, 15) is 0 Å². The summed E-state index contributed by atoms with van der Waals surface area (Å²) in [4.78, 5) is 9.57. The van der Waals surface area contributed by atoms with Gasteiger partial charge in [0.25, 0.3) is 0 Å². The van der Waals surface area contributed by atoms with Gasteiger partial charge in [-0.25, -0.2) is 0 Å². The van der Waals surface area contributed by atoms with Gasteiger partial charge in [-0.05, 0) is 36.2 Å². The SMILES string of the molecule is CCc1ccc(CNC(=NC)NCc2ccc(N3CCSCC3)cc2)s1. The first-order valence-corrected chi connectivity index (χ1v) is 11.2. The maximum absolute atomic E-state index is 4.32. The van der Waals surface area contributed by atoms with Gasteiger partial charge in [-0.3, -0.25) is 4.99 Å². The van der Waals surface area contributed by atoms with Crippen molar-refractivity contribution in [1.82, 2.24) is 10.6 Å². The van der Waals surface area contributed by atoms with Gasteiger partial charge in [-0.15, -0.1) is 11.3 Å². The van der Waals surface area contributed by atoms with Gasteiger partial charge in [0, 0.05) is 53.6 Å². The van der Waals surface area contributed by atoms with Crippen LogP contribution in [0.3, 0.4) is 0 Å². The van der Waals surface area contributed by atoms with Gasteiger partial charge >= 0.3 is 0 Å². The number of guanidine groups is 1. The van der Waals surface area contributed by atoms with Crippen LogP contribution in [0.4, 0.5) is 5.69 Å². The van der Waals surface area contributed by atoms with E-state index >= 15 is 0 Å². The summed E-state index contributed by atoms with van der Waals surface area (Å²) in [6, 6.07) is 13.3.